The lowest BCUT2D eigenvalue weighted by molar-refractivity contribution is 1.05. The summed E-state index contributed by atoms with van der Waals surface area (Å²) >= 11 is 0. The van der Waals surface area contributed by atoms with Crippen LogP contribution in [0.1, 0.15) is 12.8 Å². The SMILES string of the molecule is C1=C\C=C\CC/C=C/C=C/C=C/1. The van der Waals surface area contributed by atoms with Gasteiger partial charge in [0.2, 0.25) is 0 Å². The van der Waals surface area contributed by atoms with Gasteiger partial charge in [-0.15, -0.1) is 0 Å². The highest BCUT2D eigenvalue weighted by molar-refractivity contribution is 5.18. The molecule has 0 aromatic carbocycles. The summed E-state index contributed by atoms with van der Waals surface area (Å²) in [6, 6.07) is 0. The maximum Gasteiger partial charge on any atom is -0.0313 e. The molecule has 0 heteroatoms. The van der Waals surface area contributed by atoms with Crippen LogP contribution in [-0.2, 0) is 0 Å². The number of hydrogen-bond acceptors (Lipinski definition) is 0. The van der Waals surface area contributed by atoms with Gasteiger partial charge in [0.1, 0.15) is 0 Å². The van der Waals surface area contributed by atoms with Crippen molar-refractivity contribution in [1.29, 1.82) is 0 Å². The first-order chi connectivity index (χ1) is 6.00. The fourth-order valence-corrected chi connectivity index (χ4v) is 0.927. The molecule has 0 aromatic heterocycles. The van der Waals surface area contributed by atoms with Crippen molar-refractivity contribution in [2.24, 2.45) is 0 Å². The van der Waals surface area contributed by atoms with Crippen molar-refractivity contribution in [3.63, 3.8) is 0 Å². The number of hydrogen-bond donors (Lipinski definition) is 0. The molecule has 1 rings (SSSR count). The Hall–Kier alpha value is -1.30. The Labute approximate surface area is 74.3 Å². The third kappa shape index (κ3) is 4.51. The van der Waals surface area contributed by atoms with Crippen LogP contribution in [0.15, 0.2) is 60.8 Å². The second-order valence-corrected chi connectivity index (χ2v) is 2.59. The van der Waals surface area contributed by atoms with Crippen molar-refractivity contribution in [2.45, 2.75) is 12.8 Å². The van der Waals surface area contributed by atoms with Gasteiger partial charge in [-0.2, -0.15) is 0 Å². The Morgan fingerprint density at radius 2 is 0.750 bits per heavy atom. The van der Waals surface area contributed by atoms with E-state index in [0.29, 0.717) is 0 Å². The summed E-state index contributed by atoms with van der Waals surface area (Å²) in [6.45, 7) is 0. The van der Waals surface area contributed by atoms with E-state index in [1.165, 1.54) is 0 Å². The molecule has 0 unspecified atom stereocenters. The van der Waals surface area contributed by atoms with E-state index in [4.69, 9.17) is 0 Å². The van der Waals surface area contributed by atoms with Crippen molar-refractivity contribution in [3.05, 3.63) is 60.8 Å². The molecule has 0 saturated heterocycles. The normalized spacial score (nSPS) is 30.7. The highest BCUT2D eigenvalue weighted by Gasteiger charge is 1.74. The molecule has 62 valence electrons. The molecule has 0 aliphatic heterocycles. The van der Waals surface area contributed by atoms with Crippen LogP contribution in [0.3, 0.4) is 0 Å². The zero-order valence-corrected chi connectivity index (χ0v) is 7.19. The predicted molar refractivity (Wildman–Crippen MR) is 54.9 cm³/mol. The van der Waals surface area contributed by atoms with Gasteiger partial charge in [0.25, 0.3) is 0 Å². The molecule has 0 aromatic rings. The van der Waals surface area contributed by atoms with Crippen LogP contribution in [0, 0.1) is 0 Å². The summed E-state index contributed by atoms with van der Waals surface area (Å²) in [5.41, 5.74) is 0. The quantitative estimate of drug-likeness (QED) is 0.505. The Bertz CT molecular complexity index is 211. The molecule has 0 nitrogen and oxygen atoms in total. The van der Waals surface area contributed by atoms with E-state index in [-0.39, 0.29) is 0 Å². The van der Waals surface area contributed by atoms with Crippen molar-refractivity contribution in [2.75, 3.05) is 0 Å². The smallest absolute Gasteiger partial charge is 0.0313 e. The van der Waals surface area contributed by atoms with E-state index in [0.717, 1.165) is 12.8 Å². The lowest BCUT2D eigenvalue weighted by Gasteiger charge is -1.84. The molecular formula is C12H14. The molecule has 1 aliphatic rings. The Morgan fingerprint density at radius 1 is 0.417 bits per heavy atom. The second-order valence-electron chi connectivity index (χ2n) is 2.59. The molecule has 0 spiro atoms. The van der Waals surface area contributed by atoms with Crippen LogP contribution < -0.4 is 0 Å². The minimum Gasteiger partial charge on any atom is -0.0842 e. The molecule has 0 amide bonds. The maximum atomic E-state index is 2.18. The molecule has 0 saturated carbocycles. The largest absolute Gasteiger partial charge is 0.0842 e. The lowest BCUT2D eigenvalue weighted by atomic mass is 10.2. The number of rotatable bonds is 0. The van der Waals surface area contributed by atoms with Crippen molar-refractivity contribution >= 4 is 0 Å². The first-order valence-corrected chi connectivity index (χ1v) is 4.32. The molecule has 0 N–H and O–H groups in total. The van der Waals surface area contributed by atoms with Gasteiger partial charge in [0.15, 0.2) is 0 Å². The maximum absolute atomic E-state index is 2.18. The van der Waals surface area contributed by atoms with E-state index in [2.05, 4.69) is 36.5 Å². The molecular weight excluding hydrogens is 144 g/mol. The predicted octanol–water partition coefficient (Wildman–Crippen LogP) is 3.56. The highest BCUT2D eigenvalue weighted by atomic mass is 13.8. The van der Waals surface area contributed by atoms with Crippen molar-refractivity contribution in [1.82, 2.24) is 0 Å². The number of allylic oxidation sites excluding steroid dienone is 10. The molecule has 0 bridgehead atoms. The lowest BCUT2D eigenvalue weighted by Crippen LogP contribution is -1.64. The Balaban J connectivity index is 2.55. The first kappa shape index (κ1) is 8.79. The Morgan fingerprint density at radius 3 is 1.17 bits per heavy atom. The third-order valence-corrected chi connectivity index (χ3v) is 1.55. The van der Waals surface area contributed by atoms with Gasteiger partial charge < -0.3 is 0 Å². The van der Waals surface area contributed by atoms with E-state index in [1.54, 1.807) is 0 Å². The van der Waals surface area contributed by atoms with Crippen LogP contribution >= 0.6 is 0 Å². The van der Waals surface area contributed by atoms with Gasteiger partial charge in [0.05, 0.1) is 0 Å². The molecule has 1 aliphatic carbocycles. The molecule has 0 heterocycles. The Kier molecular flexibility index (Phi) is 4.70. The summed E-state index contributed by atoms with van der Waals surface area (Å²) in [4.78, 5) is 0. The molecule has 12 heavy (non-hydrogen) atoms. The van der Waals surface area contributed by atoms with E-state index >= 15 is 0 Å². The van der Waals surface area contributed by atoms with Crippen molar-refractivity contribution < 1.29 is 0 Å². The fraction of sp³-hybridized carbons (Fsp3) is 0.167. The second kappa shape index (κ2) is 6.41. The fourth-order valence-electron chi connectivity index (χ4n) is 0.927. The van der Waals surface area contributed by atoms with Gasteiger partial charge in [-0.3, -0.25) is 0 Å². The van der Waals surface area contributed by atoms with E-state index < -0.39 is 0 Å². The van der Waals surface area contributed by atoms with Gasteiger partial charge in [-0.25, -0.2) is 0 Å². The zero-order chi connectivity index (χ0) is 8.49. The minimum absolute atomic E-state index is 1.12. The highest BCUT2D eigenvalue weighted by Crippen LogP contribution is 1.95. The average molecular weight is 158 g/mol. The van der Waals surface area contributed by atoms with E-state index in [9.17, 15) is 0 Å². The average Bonchev–Trinajstić information content (AvgIpc) is 2.05. The molecule has 0 radical (unpaired) electrons. The molecule has 0 atom stereocenters. The minimum atomic E-state index is 1.12. The summed E-state index contributed by atoms with van der Waals surface area (Å²) < 4.78 is 0. The summed E-state index contributed by atoms with van der Waals surface area (Å²) in [7, 11) is 0. The third-order valence-electron chi connectivity index (χ3n) is 1.55. The van der Waals surface area contributed by atoms with Gasteiger partial charge in [0, 0.05) is 0 Å². The van der Waals surface area contributed by atoms with Crippen LogP contribution in [0.25, 0.3) is 0 Å². The summed E-state index contributed by atoms with van der Waals surface area (Å²) in [5.74, 6) is 0. The van der Waals surface area contributed by atoms with Crippen molar-refractivity contribution in [3.8, 4) is 0 Å². The molecule has 0 fully saturated rings. The van der Waals surface area contributed by atoms with Crippen LogP contribution in [-0.4, -0.2) is 0 Å². The van der Waals surface area contributed by atoms with Crippen LogP contribution in [0.4, 0.5) is 0 Å². The van der Waals surface area contributed by atoms with Gasteiger partial charge in [-0.1, -0.05) is 60.8 Å². The summed E-state index contributed by atoms with van der Waals surface area (Å²) in [6.07, 6.45) is 23.0. The standard InChI is InChI=1S/C12H14/c1-2-4-6-8-10-12-11-9-7-5-3-1/h1-10H,11-12H2/b2-1+,5-3-,6-4+,9-7+,10-8+. The zero-order valence-electron chi connectivity index (χ0n) is 7.19. The monoisotopic (exact) mass is 158 g/mol. The first-order valence-electron chi connectivity index (χ1n) is 4.32. The van der Waals surface area contributed by atoms with Crippen LogP contribution in [0.2, 0.25) is 0 Å². The topological polar surface area (TPSA) is 0 Å². The summed E-state index contributed by atoms with van der Waals surface area (Å²) in [5, 5.41) is 0. The van der Waals surface area contributed by atoms with Gasteiger partial charge in [-0.05, 0) is 12.8 Å². The van der Waals surface area contributed by atoms with Crippen LogP contribution in [0.5, 0.6) is 0 Å². The van der Waals surface area contributed by atoms with Gasteiger partial charge >= 0.3 is 0 Å². The van der Waals surface area contributed by atoms with E-state index in [1.807, 2.05) is 24.3 Å².